The minimum atomic E-state index is -0.298. The topological polar surface area (TPSA) is 88.2 Å². The normalized spacial score (nSPS) is 17.0. The summed E-state index contributed by atoms with van der Waals surface area (Å²) in [7, 11) is 0. The molecule has 0 aromatic carbocycles. The highest BCUT2D eigenvalue weighted by atomic mass is 16.1. The Hall–Kier alpha value is -2.70. The number of carbonyl (C=O) groups excluding carboxylic acids is 1. The molecule has 3 heterocycles. The first-order chi connectivity index (χ1) is 11.7. The van der Waals surface area contributed by atoms with Gasteiger partial charge < -0.3 is 15.5 Å². The zero-order valence-corrected chi connectivity index (χ0v) is 13.8. The first kappa shape index (κ1) is 16.2. The van der Waals surface area contributed by atoms with E-state index in [4.69, 9.17) is 5.73 Å². The highest BCUT2D eigenvalue weighted by molar-refractivity contribution is 5.84. The number of primary amides is 1. The van der Waals surface area contributed by atoms with Gasteiger partial charge in [0.25, 0.3) is 0 Å². The number of hydrogen-bond acceptors (Lipinski definition) is 6. The van der Waals surface area contributed by atoms with Crippen molar-refractivity contribution >= 4 is 17.5 Å². The summed E-state index contributed by atoms with van der Waals surface area (Å²) in [5, 5.41) is 0. The van der Waals surface area contributed by atoms with Crippen LogP contribution in [0.1, 0.15) is 25.5 Å². The first-order valence-corrected chi connectivity index (χ1v) is 8.22. The fraction of sp³-hybridized carbons (Fsp3) is 0.412. The number of carbonyl (C=O) groups is 1. The molecule has 0 radical (unpaired) electrons. The maximum atomic E-state index is 11.6. The van der Waals surface area contributed by atoms with Gasteiger partial charge in [0.05, 0.1) is 12.2 Å². The molecule has 0 bridgehead atoms. The smallest absolute Gasteiger partial charge is 0.240 e. The molecule has 24 heavy (non-hydrogen) atoms. The Labute approximate surface area is 141 Å². The Morgan fingerprint density at radius 3 is 2.96 bits per heavy atom. The van der Waals surface area contributed by atoms with E-state index in [2.05, 4.69) is 26.8 Å². The van der Waals surface area contributed by atoms with Gasteiger partial charge in [0.2, 0.25) is 5.91 Å². The number of amides is 1. The molecule has 1 saturated heterocycles. The van der Waals surface area contributed by atoms with Crippen LogP contribution in [0, 0.1) is 0 Å². The molecule has 0 aliphatic carbocycles. The number of nitrogens with zero attached hydrogens (tertiary/aromatic N) is 5. The molecule has 1 amide bonds. The minimum absolute atomic E-state index is 0.279. The van der Waals surface area contributed by atoms with E-state index < -0.39 is 0 Å². The number of rotatable bonds is 6. The van der Waals surface area contributed by atoms with Crippen LogP contribution in [-0.2, 0) is 11.3 Å². The fourth-order valence-electron chi connectivity index (χ4n) is 3.05. The summed E-state index contributed by atoms with van der Waals surface area (Å²) in [6.07, 6.45) is 5.05. The lowest BCUT2D eigenvalue weighted by Crippen LogP contribution is -2.40. The summed E-state index contributed by atoms with van der Waals surface area (Å²) in [6.45, 7) is 4.34. The lowest BCUT2D eigenvalue weighted by Gasteiger charge is -2.26. The molecule has 3 rings (SSSR count). The average molecular weight is 326 g/mol. The van der Waals surface area contributed by atoms with Crippen molar-refractivity contribution in [1.29, 1.82) is 0 Å². The first-order valence-electron chi connectivity index (χ1n) is 8.22. The summed E-state index contributed by atoms with van der Waals surface area (Å²) in [4.78, 5) is 28.8. The number of pyridine rings is 1. The molecule has 1 aliphatic rings. The highest BCUT2D eigenvalue weighted by Crippen LogP contribution is 2.26. The van der Waals surface area contributed by atoms with Gasteiger partial charge in [-0.2, -0.15) is 0 Å². The quantitative estimate of drug-likeness (QED) is 0.862. The van der Waals surface area contributed by atoms with Crippen molar-refractivity contribution in [1.82, 2.24) is 15.0 Å². The third-order valence-electron chi connectivity index (χ3n) is 4.30. The predicted molar refractivity (Wildman–Crippen MR) is 92.6 cm³/mol. The van der Waals surface area contributed by atoms with Crippen LogP contribution in [0.2, 0.25) is 0 Å². The van der Waals surface area contributed by atoms with Gasteiger partial charge >= 0.3 is 0 Å². The lowest BCUT2D eigenvalue weighted by atomic mass is 10.2. The number of nitrogens with two attached hydrogens (primary N) is 1. The SMILES string of the molecule is CCN(Cc1ccccn1)c1cc(N2CCCC2C(N)=O)ncn1. The molecule has 2 aromatic rings. The Morgan fingerprint density at radius 2 is 2.25 bits per heavy atom. The Balaban J connectivity index is 1.82. The van der Waals surface area contributed by atoms with Crippen molar-refractivity contribution in [2.45, 2.75) is 32.4 Å². The summed E-state index contributed by atoms with van der Waals surface area (Å²) >= 11 is 0. The van der Waals surface area contributed by atoms with E-state index in [0.29, 0.717) is 6.54 Å². The van der Waals surface area contributed by atoms with Crippen LogP contribution in [-0.4, -0.2) is 40.0 Å². The summed E-state index contributed by atoms with van der Waals surface area (Å²) in [6, 6.07) is 7.52. The minimum Gasteiger partial charge on any atom is -0.368 e. The van der Waals surface area contributed by atoms with Crippen molar-refractivity contribution in [3.05, 3.63) is 42.5 Å². The van der Waals surface area contributed by atoms with Crippen LogP contribution in [0.15, 0.2) is 36.8 Å². The van der Waals surface area contributed by atoms with E-state index in [-0.39, 0.29) is 11.9 Å². The van der Waals surface area contributed by atoms with E-state index >= 15 is 0 Å². The second-order valence-corrected chi connectivity index (χ2v) is 5.82. The number of hydrogen-bond donors (Lipinski definition) is 1. The highest BCUT2D eigenvalue weighted by Gasteiger charge is 2.30. The third-order valence-corrected chi connectivity index (χ3v) is 4.30. The molecule has 2 aromatic heterocycles. The fourth-order valence-corrected chi connectivity index (χ4v) is 3.05. The molecule has 0 spiro atoms. The van der Waals surface area contributed by atoms with E-state index in [1.807, 2.05) is 29.2 Å². The Bertz CT molecular complexity index is 692. The molecular weight excluding hydrogens is 304 g/mol. The number of aromatic nitrogens is 3. The van der Waals surface area contributed by atoms with E-state index in [1.165, 1.54) is 0 Å². The van der Waals surface area contributed by atoms with Gasteiger partial charge in [-0.1, -0.05) is 6.07 Å². The van der Waals surface area contributed by atoms with E-state index in [1.54, 1.807) is 12.5 Å². The van der Waals surface area contributed by atoms with E-state index in [9.17, 15) is 4.79 Å². The molecule has 2 N–H and O–H groups in total. The van der Waals surface area contributed by atoms with Crippen LogP contribution < -0.4 is 15.5 Å². The van der Waals surface area contributed by atoms with Crippen molar-refractivity contribution in [3.8, 4) is 0 Å². The van der Waals surface area contributed by atoms with Crippen LogP contribution in [0.25, 0.3) is 0 Å². The molecule has 126 valence electrons. The largest absolute Gasteiger partial charge is 0.368 e. The summed E-state index contributed by atoms with van der Waals surface area (Å²) in [5.74, 6) is 1.28. The van der Waals surface area contributed by atoms with Gasteiger partial charge in [-0.3, -0.25) is 9.78 Å². The third kappa shape index (κ3) is 3.45. The molecule has 7 heteroatoms. The van der Waals surface area contributed by atoms with Gasteiger partial charge in [0.15, 0.2) is 0 Å². The second-order valence-electron chi connectivity index (χ2n) is 5.82. The Morgan fingerprint density at radius 1 is 1.38 bits per heavy atom. The Kier molecular flexibility index (Phi) is 4.88. The van der Waals surface area contributed by atoms with Gasteiger partial charge in [0, 0.05) is 25.4 Å². The second kappa shape index (κ2) is 7.25. The summed E-state index contributed by atoms with van der Waals surface area (Å²) < 4.78 is 0. The monoisotopic (exact) mass is 326 g/mol. The van der Waals surface area contributed by atoms with Gasteiger partial charge in [-0.05, 0) is 31.9 Å². The van der Waals surface area contributed by atoms with Crippen LogP contribution >= 0.6 is 0 Å². The average Bonchev–Trinajstić information content (AvgIpc) is 3.11. The van der Waals surface area contributed by atoms with Crippen molar-refractivity contribution in [2.24, 2.45) is 5.73 Å². The van der Waals surface area contributed by atoms with Crippen molar-refractivity contribution in [3.63, 3.8) is 0 Å². The summed E-state index contributed by atoms with van der Waals surface area (Å²) in [5.41, 5.74) is 6.49. The van der Waals surface area contributed by atoms with Crippen LogP contribution in [0.3, 0.4) is 0 Å². The molecule has 1 atom stereocenters. The van der Waals surface area contributed by atoms with Gasteiger partial charge in [0.1, 0.15) is 24.0 Å². The van der Waals surface area contributed by atoms with Crippen LogP contribution in [0.4, 0.5) is 11.6 Å². The predicted octanol–water partition coefficient (Wildman–Crippen LogP) is 1.35. The standard InChI is InChI=1S/C17H22N6O/c1-2-22(11-13-6-3-4-8-19-13)15-10-16(21-12-20-15)23-9-5-7-14(23)17(18)24/h3-4,6,8,10,12,14H,2,5,7,9,11H2,1H3,(H2,18,24). The maximum absolute atomic E-state index is 11.6. The van der Waals surface area contributed by atoms with Gasteiger partial charge in [-0.15, -0.1) is 0 Å². The molecular formula is C17H22N6O. The number of anilines is 2. The maximum Gasteiger partial charge on any atom is 0.240 e. The molecule has 0 saturated carbocycles. The zero-order valence-electron chi connectivity index (χ0n) is 13.8. The molecule has 1 unspecified atom stereocenters. The van der Waals surface area contributed by atoms with Crippen LogP contribution in [0.5, 0.6) is 0 Å². The molecule has 1 fully saturated rings. The molecule has 7 nitrogen and oxygen atoms in total. The van der Waals surface area contributed by atoms with Gasteiger partial charge in [-0.25, -0.2) is 9.97 Å². The van der Waals surface area contributed by atoms with E-state index in [0.717, 1.165) is 43.3 Å². The van der Waals surface area contributed by atoms with Crippen molar-refractivity contribution < 1.29 is 4.79 Å². The van der Waals surface area contributed by atoms with Crippen molar-refractivity contribution in [2.75, 3.05) is 22.9 Å². The lowest BCUT2D eigenvalue weighted by molar-refractivity contribution is -0.119. The zero-order chi connectivity index (χ0) is 16.9. The molecule has 1 aliphatic heterocycles.